The molecule has 0 radical (unpaired) electrons. The fourth-order valence-corrected chi connectivity index (χ4v) is 1.21. The lowest BCUT2D eigenvalue weighted by molar-refractivity contribution is -0.137. The summed E-state index contributed by atoms with van der Waals surface area (Å²) in [6, 6.07) is 0. The second kappa shape index (κ2) is 8.96. The van der Waals surface area contributed by atoms with Crippen molar-refractivity contribution in [3.8, 4) is 0 Å². The van der Waals surface area contributed by atoms with Crippen molar-refractivity contribution in [1.29, 1.82) is 0 Å². The normalized spacial score (nSPS) is 10.8. The Morgan fingerprint density at radius 2 is 1.88 bits per heavy atom. The maximum atomic E-state index is 10.7. The first-order valence-corrected chi connectivity index (χ1v) is 5.64. The summed E-state index contributed by atoms with van der Waals surface area (Å²) in [7, 11) is 0. The second-order valence-electron chi connectivity index (χ2n) is 4.03. The average Bonchev–Trinajstić information content (AvgIpc) is 2.23. The number of carbonyl (C=O) groups excluding carboxylic acids is 1. The molecule has 0 rings (SSSR count). The number of rotatable bonds is 7. The molecule has 0 fully saturated rings. The Morgan fingerprint density at radius 3 is 2.44 bits per heavy atom. The number of hydrogen-bond donors (Lipinski definition) is 0. The number of esters is 1. The molecule has 90 valence electrons. The quantitative estimate of drug-likeness (QED) is 0.283. The molecule has 0 saturated carbocycles. The van der Waals surface area contributed by atoms with Crippen LogP contribution in [0.15, 0.2) is 36.0 Å². The molecule has 0 amide bonds. The van der Waals surface area contributed by atoms with E-state index >= 15 is 0 Å². The summed E-state index contributed by atoms with van der Waals surface area (Å²) in [5.41, 5.74) is 2.69. The highest BCUT2D eigenvalue weighted by Gasteiger charge is 1.93. The zero-order valence-corrected chi connectivity index (χ0v) is 10.6. The van der Waals surface area contributed by atoms with Gasteiger partial charge in [0.1, 0.15) is 0 Å². The Morgan fingerprint density at radius 1 is 1.19 bits per heavy atom. The molecule has 0 N–H and O–H groups in total. The average molecular weight is 222 g/mol. The van der Waals surface area contributed by atoms with Crippen molar-refractivity contribution in [2.75, 3.05) is 6.61 Å². The van der Waals surface area contributed by atoms with E-state index < -0.39 is 0 Å². The zero-order chi connectivity index (χ0) is 12.4. The standard InChI is InChI=1S/C14H22O2/c1-5-14(15)16-11-7-10-13(4)9-6-8-12(2)3/h5,8,10H,1,6-7,9,11H2,2-4H3/b13-10+. The van der Waals surface area contributed by atoms with Gasteiger partial charge in [-0.1, -0.05) is 29.9 Å². The summed E-state index contributed by atoms with van der Waals surface area (Å²) < 4.78 is 4.87. The first-order chi connectivity index (χ1) is 7.56. The van der Waals surface area contributed by atoms with E-state index in [4.69, 9.17) is 4.74 Å². The number of hydrogen-bond acceptors (Lipinski definition) is 2. The molecule has 0 aliphatic carbocycles. The highest BCUT2D eigenvalue weighted by atomic mass is 16.5. The van der Waals surface area contributed by atoms with Gasteiger partial charge >= 0.3 is 5.97 Å². The van der Waals surface area contributed by atoms with E-state index in [9.17, 15) is 4.79 Å². The van der Waals surface area contributed by atoms with E-state index in [1.54, 1.807) is 0 Å². The minimum absolute atomic E-state index is 0.351. The van der Waals surface area contributed by atoms with Crippen molar-refractivity contribution >= 4 is 5.97 Å². The number of carbonyl (C=O) groups is 1. The van der Waals surface area contributed by atoms with Crippen LogP contribution in [0.2, 0.25) is 0 Å². The van der Waals surface area contributed by atoms with Crippen LogP contribution in [-0.2, 0) is 9.53 Å². The molecule has 0 aromatic rings. The smallest absolute Gasteiger partial charge is 0.330 e. The largest absolute Gasteiger partial charge is 0.462 e. The van der Waals surface area contributed by atoms with Crippen LogP contribution in [0.1, 0.15) is 40.0 Å². The number of allylic oxidation sites excluding steroid dienone is 3. The van der Waals surface area contributed by atoms with Crippen LogP contribution in [0.5, 0.6) is 0 Å². The Bertz CT molecular complexity index is 281. The van der Waals surface area contributed by atoms with Gasteiger partial charge in [-0.3, -0.25) is 0 Å². The van der Waals surface area contributed by atoms with Gasteiger partial charge in [0.05, 0.1) is 6.61 Å². The Kier molecular flexibility index (Phi) is 8.22. The molecule has 0 spiro atoms. The van der Waals surface area contributed by atoms with Gasteiger partial charge < -0.3 is 4.74 Å². The molecule has 0 atom stereocenters. The topological polar surface area (TPSA) is 26.3 Å². The van der Waals surface area contributed by atoms with Crippen LogP contribution < -0.4 is 0 Å². The molecule has 16 heavy (non-hydrogen) atoms. The third-order valence-electron chi connectivity index (χ3n) is 2.11. The van der Waals surface area contributed by atoms with Gasteiger partial charge in [0.2, 0.25) is 0 Å². The van der Waals surface area contributed by atoms with E-state index in [1.165, 1.54) is 17.2 Å². The summed E-state index contributed by atoms with van der Waals surface area (Å²) in [5.74, 6) is -0.351. The fraction of sp³-hybridized carbons (Fsp3) is 0.500. The fourth-order valence-electron chi connectivity index (χ4n) is 1.21. The lowest BCUT2D eigenvalue weighted by Gasteiger charge is -2.01. The first kappa shape index (κ1) is 14.7. The summed E-state index contributed by atoms with van der Waals surface area (Å²) in [4.78, 5) is 10.7. The molecular formula is C14H22O2. The van der Waals surface area contributed by atoms with Gasteiger partial charge in [-0.2, -0.15) is 0 Å². The maximum Gasteiger partial charge on any atom is 0.330 e. The lowest BCUT2D eigenvalue weighted by Crippen LogP contribution is -2.00. The second-order valence-corrected chi connectivity index (χ2v) is 4.03. The van der Waals surface area contributed by atoms with Crippen LogP contribution in [0.4, 0.5) is 0 Å². The van der Waals surface area contributed by atoms with Crippen molar-refractivity contribution in [3.63, 3.8) is 0 Å². The molecule has 0 aliphatic rings. The molecule has 2 heteroatoms. The minimum atomic E-state index is -0.351. The monoisotopic (exact) mass is 222 g/mol. The van der Waals surface area contributed by atoms with E-state index in [2.05, 4.69) is 39.5 Å². The third kappa shape index (κ3) is 9.25. The van der Waals surface area contributed by atoms with Gasteiger partial charge in [-0.15, -0.1) is 0 Å². The molecule has 0 aromatic heterocycles. The zero-order valence-electron chi connectivity index (χ0n) is 10.6. The van der Waals surface area contributed by atoms with E-state index in [-0.39, 0.29) is 5.97 Å². The minimum Gasteiger partial charge on any atom is -0.462 e. The van der Waals surface area contributed by atoms with Crippen LogP contribution in [0.3, 0.4) is 0 Å². The van der Waals surface area contributed by atoms with Crippen molar-refractivity contribution in [1.82, 2.24) is 0 Å². The Balaban J connectivity index is 3.66. The molecule has 0 bridgehead atoms. The molecule has 0 unspecified atom stereocenters. The van der Waals surface area contributed by atoms with Crippen LogP contribution >= 0.6 is 0 Å². The highest BCUT2D eigenvalue weighted by molar-refractivity contribution is 5.81. The summed E-state index contributed by atoms with van der Waals surface area (Å²) in [6.45, 7) is 10.1. The van der Waals surface area contributed by atoms with Gasteiger partial charge in [0.25, 0.3) is 0 Å². The Labute approximate surface area is 98.7 Å². The molecule has 0 heterocycles. The van der Waals surface area contributed by atoms with Crippen molar-refractivity contribution in [2.24, 2.45) is 0 Å². The van der Waals surface area contributed by atoms with Crippen LogP contribution in [-0.4, -0.2) is 12.6 Å². The van der Waals surface area contributed by atoms with Gasteiger partial charge in [-0.25, -0.2) is 4.79 Å². The summed E-state index contributed by atoms with van der Waals surface area (Å²) >= 11 is 0. The third-order valence-corrected chi connectivity index (χ3v) is 2.11. The Hall–Kier alpha value is -1.31. The first-order valence-electron chi connectivity index (χ1n) is 5.64. The van der Waals surface area contributed by atoms with Crippen molar-refractivity contribution in [3.05, 3.63) is 36.0 Å². The predicted octanol–water partition coefficient (Wildman–Crippen LogP) is 3.80. The van der Waals surface area contributed by atoms with Crippen molar-refractivity contribution < 1.29 is 9.53 Å². The summed E-state index contributed by atoms with van der Waals surface area (Å²) in [5, 5.41) is 0. The van der Waals surface area contributed by atoms with Gasteiger partial charge in [-0.05, 0) is 40.0 Å². The van der Waals surface area contributed by atoms with E-state index in [0.717, 1.165) is 19.3 Å². The predicted molar refractivity (Wildman–Crippen MR) is 68.2 cm³/mol. The van der Waals surface area contributed by atoms with Gasteiger partial charge in [0.15, 0.2) is 0 Å². The van der Waals surface area contributed by atoms with E-state index in [0.29, 0.717) is 6.61 Å². The van der Waals surface area contributed by atoms with Crippen LogP contribution in [0.25, 0.3) is 0 Å². The number of ether oxygens (including phenoxy) is 1. The summed E-state index contributed by atoms with van der Waals surface area (Å²) in [6.07, 6.45) is 8.47. The van der Waals surface area contributed by atoms with E-state index in [1.807, 2.05) is 0 Å². The molecule has 0 saturated heterocycles. The SMILES string of the molecule is C=CC(=O)OCC/C=C(\C)CCC=C(C)C. The molecular weight excluding hydrogens is 200 g/mol. The van der Waals surface area contributed by atoms with Crippen molar-refractivity contribution in [2.45, 2.75) is 40.0 Å². The molecule has 2 nitrogen and oxygen atoms in total. The molecule has 0 aromatic carbocycles. The van der Waals surface area contributed by atoms with Gasteiger partial charge in [0, 0.05) is 6.08 Å². The molecule has 0 aliphatic heterocycles. The lowest BCUT2D eigenvalue weighted by atomic mass is 10.1. The van der Waals surface area contributed by atoms with Crippen LogP contribution in [0, 0.1) is 0 Å². The maximum absolute atomic E-state index is 10.7. The highest BCUT2D eigenvalue weighted by Crippen LogP contribution is 2.07.